The highest BCUT2D eigenvalue weighted by Gasteiger charge is 2.18. The van der Waals surface area contributed by atoms with Crippen molar-refractivity contribution in [1.29, 1.82) is 0 Å². The largest absolute Gasteiger partial charge is 0.496 e. The quantitative estimate of drug-likeness (QED) is 0.630. The third-order valence-corrected chi connectivity index (χ3v) is 5.57. The van der Waals surface area contributed by atoms with E-state index in [9.17, 15) is 4.79 Å². The number of aromatic nitrogens is 4. The van der Waals surface area contributed by atoms with Gasteiger partial charge in [-0.3, -0.25) is 4.79 Å². The highest BCUT2D eigenvalue weighted by atomic mass is 79.9. The Labute approximate surface area is 177 Å². The van der Waals surface area contributed by atoms with Gasteiger partial charge in [0, 0.05) is 18.7 Å². The molecule has 1 aromatic heterocycles. The predicted octanol–water partition coefficient (Wildman–Crippen LogP) is 3.68. The van der Waals surface area contributed by atoms with Gasteiger partial charge >= 0.3 is 0 Å². The van der Waals surface area contributed by atoms with Crippen LogP contribution in [-0.4, -0.2) is 46.3 Å². The molecule has 1 aliphatic heterocycles. The lowest BCUT2D eigenvalue weighted by molar-refractivity contribution is 0.102. The molecule has 9 heteroatoms. The average molecular weight is 457 g/mol. The van der Waals surface area contributed by atoms with Gasteiger partial charge in [0.25, 0.3) is 5.91 Å². The molecule has 2 aromatic carbocycles. The second-order valence-corrected chi connectivity index (χ2v) is 7.66. The minimum atomic E-state index is -0.194. The molecule has 1 saturated heterocycles. The molecule has 0 bridgehead atoms. The number of piperidine rings is 1. The van der Waals surface area contributed by atoms with Crippen LogP contribution in [0.1, 0.15) is 29.6 Å². The molecule has 1 aliphatic rings. The number of anilines is 2. The third kappa shape index (κ3) is 4.24. The van der Waals surface area contributed by atoms with Gasteiger partial charge < -0.3 is 15.0 Å². The van der Waals surface area contributed by atoms with Gasteiger partial charge in [-0.05, 0) is 82.0 Å². The molecule has 2 heterocycles. The molecule has 1 N–H and O–H groups in total. The zero-order chi connectivity index (χ0) is 20.2. The number of amides is 1. The number of carbonyl (C=O) groups excluding carboxylic acids is 1. The van der Waals surface area contributed by atoms with Gasteiger partial charge in [-0.1, -0.05) is 0 Å². The number of hydrogen-bond donors (Lipinski definition) is 1. The van der Waals surface area contributed by atoms with Crippen molar-refractivity contribution in [3.63, 3.8) is 0 Å². The zero-order valence-corrected chi connectivity index (χ0v) is 17.6. The minimum Gasteiger partial charge on any atom is -0.496 e. The highest BCUT2D eigenvalue weighted by molar-refractivity contribution is 9.10. The summed E-state index contributed by atoms with van der Waals surface area (Å²) in [6.07, 6.45) is 5.06. The van der Waals surface area contributed by atoms with Crippen molar-refractivity contribution < 1.29 is 9.53 Å². The Balaban J connectivity index is 1.66. The van der Waals surface area contributed by atoms with E-state index in [4.69, 9.17) is 4.74 Å². The average Bonchev–Trinajstić information content (AvgIpc) is 3.29. The van der Waals surface area contributed by atoms with E-state index >= 15 is 0 Å². The van der Waals surface area contributed by atoms with Crippen molar-refractivity contribution >= 4 is 33.2 Å². The summed E-state index contributed by atoms with van der Waals surface area (Å²) in [7, 11) is 1.59. The van der Waals surface area contributed by atoms with Crippen molar-refractivity contribution in [3.05, 3.63) is 52.8 Å². The third-order valence-electron chi connectivity index (χ3n) is 4.95. The van der Waals surface area contributed by atoms with Crippen LogP contribution < -0.4 is 15.0 Å². The first-order valence-corrected chi connectivity index (χ1v) is 10.2. The lowest BCUT2D eigenvalue weighted by atomic mass is 10.1. The fraction of sp³-hybridized carbons (Fsp3) is 0.300. The van der Waals surface area contributed by atoms with E-state index in [1.807, 2.05) is 18.2 Å². The summed E-state index contributed by atoms with van der Waals surface area (Å²) < 4.78 is 7.54. The number of nitrogens with zero attached hydrogens (tertiary/aromatic N) is 5. The van der Waals surface area contributed by atoms with E-state index in [0.29, 0.717) is 11.3 Å². The Kier molecular flexibility index (Phi) is 5.75. The second kappa shape index (κ2) is 8.60. The number of tetrazole rings is 1. The summed E-state index contributed by atoms with van der Waals surface area (Å²) >= 11 is 3.44. The number of benzene rings is 2. The van der Waals surface area contributed by atoms with Gasteiger partial charge in [0.15, 0.2) is 0 Å². The molecule has 0 unspecified atom stereocenters. The number of rotatable bonds is 5. The number of hydrogen-bond acceptors (Lipinski definition) is 6. The SMILES string of the molecule is COc1ccc(C(=O)Nc2cc(-n3cnnn3)ccc2N2CCCCC2)cc1Br. The first kappa shape index (κ1) is 19.4. The van der Waals surface area contributed by atoms with Crippen LogP contribution in [-0.2, 0) is 0 Å². The standard InChI is InChI=1S/C20H21BrN6O2/c1-29-19-8-5-14(11-16(19)21)20(28)23-17-12-15(27-13-22-24-25-27)6-7-18(17)26-9-3-2-4-10-26/h5-8,11-13H,2-4,9-10H2,1H3,(H,23,28). The number of ether oxygens (including phenoxy) is 1. The first-order chi connectivity index (χ1) is 14.2. The minimum absolute atomic E-state index is 0.194. The summed E-state index contributed by atoms with van der Waals surface area (Å²) in [6, 6.07) is 11.1. The molecule has 8 nitrogen and oxygen atoms in total. The summed E-state index contributed by atoms with van der Waals surface area (Å²) in [5.74, 6) is 0.483. The molecular formula is C20H21BrN6O2. The zero-order valence-electron chi connectivity index (χ0n) is 16.0. The molecule has 4 rings (SSSR count). The smallest absolute Gasteiger partial charge is 0.255 e. The Morgan fingerprint density at radius 1 is 1.14 bits per heavy atom. The molecule has 1 fully saturated rings. The summed E-state index contributed by atoms with van der Waals surface area (Å²) in [5.41, 5.74) is 3.05. The molecule has 3 aromatic rings. The predicted molar refractivity (Wildman–Crippen MR) is 114 cm³/mol. The Morgan fingerprint density at radius 2 is 1.97 bits per heavy atom. The number of halogens is 1. The maximum absolute atomic E-state index is 13.0. The van der Waals surface area contributed by atoms with Crippen LogP contribution in [0, 0.1) is 0 Å². The van der Waals surface area contributed by atoms with Crippen molar-refractivity contribution in [1.82, 2.24) is 20.2 Å². The maximum Gasteiger partial charge on any atom is 0.255 e. The Hall–Kier alpha value is -2.94. The van der Waals surface area contributed by atoms with Crippen molar-refractivity contribution in [2.24, 2.45) is 0 Å². The highest BCUT2D eigenvalue weighted by Crippen LogP contribution is 2.32. The van der Waals surface area contributed by atoms with Gasteiger partial charge in [0.05, 0.1) is 28.6 Å². The number of methoxy groups -OCH3 is 1. The van der Waals surface area contributed by atoms with Gasteiger partial charge in [-0.15, -0.1) is 5.10 Å². The molecule has 0 radical (unpaired) electrons. The van der Waals surface area contributed by atoms with Crippen LogP contribution in [0.2, 0.25) is 0 Å². The Bertz CT molecular complexity index is 1000. The monoisotopic (exact) mass is 456 g/mol. The van der Waals surface area contributed by atoms with Crippen LogP contribution in [0.4, 0.5) is 11.4 Å². The van der Waals surface area contributed by atoms with E-state index < -0.39 is 0 Å². The summed E-state index contributed by atoms with van der Waals surface area (Å²) in [5, 5.41) is 14.4. The van der Waals surface area contributed by atoms with Crippen molar-refractivity contribution in [2.45, 2.75) is 19.3 Å². The van der Waals surface area contributed by atoms with Gasteiger partial charge in [0.1, 0.15) is 12.1 Å². The number of carbonyl (C=O) groups is 1. The van der Waals surface area contributed by atoms with E-state index in [-0.39, 0.29) is 5.91 Å². The summed E-state index contributed by atoms with van der Waals surface area (Å²) in [6.45, 7) is 1.95. The molecule has 0 spiro atoms. The maximum atomic E-state index is 13.0. The van der Waals surface area contributed by atoms with Crippen LogP contribution in [0.3, 0.4) is 0 Å². The van der Waals surface area contributed by atoms with Crippen LogP contribution in [0.5, 0.6) is 5.75 Å². The molecule has 0 atom stereocenters. The fourth-order valence-electron chi connectivity index (χ4n) is 3.46. The van der Waals surface area contributed by atoms with Crippen LogP contribution >= 0.6 is 15.9 Å². The second-order valence-electron chi connectivity index (χ2n) is 6.81. The summed E-state index contributed by atoms with van der Waals surface area (Å²) in [4.78, 5) is 15.3. The van der Waals surface area contributed by atoms with Crippen LogP contribution in [0.15, 0.2) is 47.2 Å². The van der Waals surface area contributed by atoms with Gasteiger partial charge in [0.2, 0.25) is 0 Å². The molecule has 1 amide bonds. The molecule has 150 valence electrons. The van der Waals surface area contributed by atoms with E-state index in [0.717, 1.165) is 47.5 Å². The van der Waals surface area contributed by atoms with E-state index in [2.05, 4.69) is 41.7 Å². The normalized spacial score (nSPS) is 13.9. The Morgan fingerprint density at radius 3 is 2.66 bits per heavy atom. The molecule has 29 heavy (non-hydrogen) atoms. The first-order valence-electron chi connectivity index (χ1n) is 9.43. The lowest BCUT2D eigenvalue weighted by Crippen LogP contribution is -2.30. The van der Waals surface area contributed by atoms with Crippen molar-refractivity contribution in [3.8, 4) is 11.4 Å². The fourth-order valence-corrected chi connectivity index (χ4v) is 4.00. The molecule has 0 aliphatic carbocycles. The topological polar surface area (TPSA) is 85.2 Å². The lowest BCUT2D eigenvalue weighted by Gasteiger charge is -2.30. The molecule has 0 saturated carbocycles. The molecular weight excluding hydrogens is 436 g/mol. The van der Waals surface area contributed by atoms with Crippen LogP contribution in [0.25, 0.3) is 5.69 Å². The van der Waals surface area contributed by atoms with Crippen molar-refractivity contribution in [2.75, 3.05) is 30.4 Å². The number of nitrogens with one attached hydrogen (secondary N) is 1. The van der Waals surface area contributed by atoms with Gasteiger partial charge in [-0.25, -0.2) is 4.68 Å². The van der Waals surface area contributed by atoms with E-state index in [1.165, 1.54) is 12.7 Å². The van der Waals surface area contributed by atoms with Gasteiger partial charge in [-0.2, -0.15) is 0 Å². The van der Waals surface area contributed by atoms with E-state index in [1.54, 1.807) is 30.0 Å².